The molecule has 34 heavy (non-hydrogen) atoms. The summed E-state index contributed by atoms with van der Waals surface area (Å²) in [5.41, 5.74) is 1.80. The number of hydrogen-bond acceptors (Lipinski definition) is 6. The Morgan fingerprint density at radius 3 is 2.15 bits per heavy atom. The Kier molecular flexibility index (Phi) is 7.93. The van der Waals surface area contributed by atoms with E-state index in [2.05, 4.69) is 32.7 Å². The second-order valence-corrected chi connectivity index (χ2v) is 10.0. The maximum absolute atomic E-state index is 12.7. The third-order valence-corrected chi connectivity index (χ3v) is 5.97. The van der Waals surface area contributed by atoms with E-state index in [1.807, 2.05) is 45.9 Å². The lowest BCUT2D eigenvalue weighted by atomic mass is 10.0. The molecular formula is C27H38N4O3. The molecule has 1 aromatic heterocycles. The number of likely N-dealkylation sites (tertiary alicyclic amines) is 1. The van der Waals surface area contributed by atoms with Crippen molar-refractivity contribution in [2.24, 2.45) is 0 Å². The molecule has 0 bridgehead atoms. The Labute approximate surface area is 203 Å². The van der Waals surface area contributed by atoms with Crippen LogP contribution in [0.25, 0.3) is 0 Å². The number of carbonyl (C=O) groups excluding carboxylic acids is 1. The van der Waals surface area contributed by atoms with Gasteiger partial charge in [0.25, 0.3) is 5.91 Å². The third-order valence-electron chi connectivity index (χ3n) is 5.97. The third kappa shape index (κ3) is 7.35. The highest BCUT2D eigenvalue weighted by atomic mass is 16.5. The predicted molar refractivity (Wildman–Crippen MR) is 135 cm³/mol. The summed E-state index contributed by atoms with van der Waals surface area (Å²) in [6.07, 6.45) is 6.15. The Hall–Kier alpha value is -2.80. The molecule has 0 spiro atoms. The number of aromatic nitrogens is 1. The standard InChI is InChI=1S/C27H38N4O3/c1-18(2)33-24-13-20(14-25(15-24)34-19(3)4)17-31-11-9-23(10-12-31)30-27(32)21-5-8-26(28-16-21)29-22-6-7-22/h5,8,13-16,18-19,22-23H,6-7,9-12,17H2,1-4H3,(H,28,29)(H,30,32). The first-order chi connectivity index (χ1) is 16.3. The van der Waals surface area contributed by atoms with Crippen LogP contribution in [0.15, 0.2) is 36.5 Å². The van der Waals surface area contributed by atoms with E-state index >= 15 is 0 Å². The summed E-state index contributed by atoms with van der Waals surface area (Å²) in [5.74, 6) is 2.49. The van der Waals surface area contributed by atoms with E-state index < -0.39 is 0 Å². The second kappa shape index (κ2) is 11.1. The van der Waals surface area contributed by atoms with Crippen LogP contribution in [-0.2, 0) is 6.54 Å². The molecule has 2 fully saturated rings. The molecule has 1 amide bonds. The molecule has 0 radical (unpaired) electrons. The van der Waals surface area contributed by atoms with E-state index in [9.17, 15) is 4.79 Å². The molecule has 4 rings (SSSR count). The molecule has 1 saturated carbocycles. The Bertz CT molecular complexity index is 921. The van der Waals surface area contributed by atoms with Gasteiger partial charge < -0.3 is 20.1 Å². The van der Waals surface area contributed by atoms with Gasteiger partial charge in [0.15, 0.2) is 0 Å². The van der Waals surface area contributed by atoms with Crippen molar-refractivity contribution < 1.29 is 14.3 Å². The molecular weight excluding hydrogens is 428 g/mol. The van der Waals surface area contributed by atoms with E-state index in [0.717, 1.165) is 49.8 Å². The smallest absolute Gasteiger partial charge is 0.253 e. The fourth-order valence-corrected chi connectivity index (χ4v) is 4.22. The van der Waals surface area contributed by atoms with Gasteiger partial charge in [-0.1, -0.05) is 0 Å². The molecule has 1 aliphatic carbocycles. The number of hydrogen-bond donors (Lipinski definition) is 2. The zero-order chi connectivity index (χ0) is 24.1. The molecule has 2 N–H and O–H groups in total. The van der Waals surface area contributed by atoms with Crippen LogP contribution in [0.3, 0.4) is 0 Å². The molecule has 7 heteroatoms. The molecule has 1 aliphatic heterocycles. The lowest BCUT2D eigenvalue weighted by molar-refractivity contribution is 0.0908. The summed E-state index contributed by atoms with van der Waals surface area (Å²) < 4.78 is 11.9. The van der Waals surface area contributed by atoms with Crippen molar-refractivity contribution in [1.82, 2.24) is 15.2 Å². The molecule has 0 atom stereocenters. The van der Waals surface area contributed by atoms with Crippen LogP contribution in [0, 0.1) is 0 Å². The lowest BCUT2D eigenvalue weighted by Gasteiger charge is -2.32. The molecule has 1 aromatic carbocycles. The molecule has 2 aliphatic rings. The number of carbonyl (C=O) groups is 1. The SMILES string of the molecule is CC(C)Oc1cc(CN2CCC(NC(=O)c3ccc(NC4CC4)nc3)CC2)cc(OC(C)C)c1. The number of pyridine rings is 1. The summed E-state index contributed by atoms with van der Waals surface area (Å²) >= 11 is 0. The van der Waals surface area contributed by atoms with E-state index in [4.69, 9.17) is 9.47 Å². The zero-order valence-corrected chi connectivity index (χ0v) is 20.8. The number of benzene rings is 1. The zero-order valence-electron chi connectivity index (χ0n) is 20.8. The van der Waals surface area contributed by atoms with Gasteiger partial charge in [-0.25, -0.2) is 4.98 Å². The molecule has 7 nitrogen and oxygen atoms in total. The van der Waals surface area contributed by atoms with Gasteiger partial charge in [-0.05, 0) is 83.2 Å². The molecule has 2 heterocycles. The van der Waals surface area contributed by atoms with Crippen molar-refractivity contribution >= 4 is 11.7 Å². The van der Waals surface area contributed by atoms with Crippen LogP contribution in [0.1, 0.15) is 69.3 Å². The van der Waals surface area contributed by atoms with Crippen LogP contribution in [0.5, 0.6) is 11.5 Å². The van der Waals surface area contributed by atoms with Crippen LogP contribution >= 0.6 is 0 Å². The van der Waals surface area contributed by atoms with Gasteiger partial charge in [-0.2, -0.15) is 0 Å². The quantitative estimate of drug-likeness (QED) is 0.532. The highest BCUT2D eigenvalue weighted by Gasteiger charge is 2.23. The van der Waals surface area contributed by atoms with Gasteiger partial charge in [-0.15, -0.1) is 0 Å². The monoisotopic (exact) mass is 466 g/mol. The van der Waals surface area contributed by atoms with Crippen LogP contribution < -0.4 is 20.1 Å². The van der Waals surface area contributed by atoms with Crippen molar-refractivity contribution in [3.05, 3.63) is 47.7 Å². The first kappa shape index (κ1) is 24.3. The lowest BCUT2D eigenvalue weighted by Crippen LogP contribution is -2.44. The van der Waals surface area contributed by atoms with Crippen molar-refractivity contribution in [2.75, 3.05) is 18.4 Å². The minimum Gasteiger partial charge on any atom is -0.491 e. The summed E-state index contributed by atoms with van der Waals surface area (Å²) in [5, 5.41) is 6.54. The highest BCUT2D eigenvalue weighted by Crippen LogP contribution is 2.27. The van der Waals surface area contributed by atoms with Gasteiger partial charge in [0.05, 0.1) is 17.8 Å². The van der Waals surface area contributed by atoms with Crippen LogP contribution in [0.2, 0.25) is 0 Å². The maximum Gasteiger partial charge on any atom is 0.253 e. The first-order valence-corrected chi connectivity index (χ1v) is 12.6. The first-order valence-electron chi connectivity index (χ1n) is 12.6. The van der Waals surface area contributed by atoms with Crippen molar-refractivity contribution in [3.8, 4) is 11.5 Å². The van der Waals surface area contributed by atoms with Crippen molar-refractivity contribution in [3.63, 3.8) is 0 Å². The summed E-state index contributed by atoms with van der Waals surface area (Å²) in [6.45, 7) is 10.8. The number of amides is 1. The largest absolute Gasteiger partial charge is 0.491 e. The van der Waals surface area contributed by atoms with Crippen molar-refractivity contribution in [1.29, 1.82) is 0 Å². The average molecular weight is 467 g/mol. The Morgan fingerprint density at radius 2 is 1.62 bits per heavy atom. The minimum absolute atomic E-state index is 0.0436. The fourth-order valence-electron chi connectivity index (χ4n) is 4.22. The Morgan fingerprint density at radius 1 is 0.971 bits per heavy atom. The molecule has 184 valence electrons. The fraction of sp³-hybridized carbons (Fsp3) is 0.556. The second-order valence-electron chi connectivity index (χ2n) is 10.0. The van der Waals surface area contributed by atoms with E-state index in [0.29, 0.717) is 11.6 Å². The number of anilines is 1. The molecule has 2 aromatic rings. The number of rotatable bonds is 10. The van der Waals surface area contributed by atoms with Gasteiger partial charge in [-0.3, -0.25) is 9.69 Å². The van der Waals surface area contributed by atoms with Crippen molar-refractivity contribution in [2.45, 2.75) is 84.2 Å². The van der Waals surface area contributed by atoms with E-state index in [-0.39, 0.29) is 24.2 Å². The minimum atomic E-state index is -0.0436. The average Bonchev–Trinajstić information content (AvgIpc) is 3.58. The number of nitrogens with one attached hydrogen (secondary N) is 2. The van der Waals surface area contributed by atoms with Gasteiger partial charge in [0.2, 0.25) is 0 Å². The molecule has 1 saturated heterocycles. The van der Waals surface area contributed by atoms with E-state index in [1.54, 1.807) is 6.20 Å². The summed E-state index contributed by atoms with van der Waals surface area (Å²) in [4.78, 5) is 19.5. The van der Waals surface area contributed by atoms with E-state index in [1.165, 1.54) is 18.4 Å². The van der Waals surface area contributed by atoms with Crippen LogP contribution in [0.4, 0.5) is 5.82 Å². The topological polar surface area (TPSA) is 75.7 Å². The van der Waals surface area contributed by atoms with Gasteiger partial charge >= 0.3 is 0 Å². The van der Waals surface area contributed by atoms with Gasteiger partial charge in [0, 0.05) is 44.0 Å². The summed E-state index contributed by atoms with van der Waals surface area (Å²) in [7, 11) is 0. The summed E-state index contributed by atoms with van der Waals surface area (Å²) in [6, 6.07) is 10.7. The number of nitrogens with zero attached hydrogens (tertiary/aromatic N) is 2. The van der Waals surface area contributed by atoms with Crippen LogP contribution in [-0.4, -0.2) is 53.2 Å². The predicted octanol–water partition coefficient (Wildman–Crippen LogP) is 4.62. The highest BCUT2D eigenvalue weighted by molar-refractivity contribution is 5.94. The normalized spacial score (nSPS) is 17.1. The Balaban J connectivity index is 1.28. The maximum atomic E-state index is 12.7. The number of ether oxygens (including phenoxy) is 2. The molecule has 0 unspecified atom stereocenters. The number of piperidine rings is 1. The van der Waals surface area contributed by atoms with Gasteiger partial charge in [0.1, 0.15) is 17.3 Å².